The number of amides is 1. The van der Waals surface area contributed by atoms with Crippen molar-refractivity contribution >= 4 is 21.4 Å². The molecule has 6 heteroatoms. The lowest BCUT2D eigenvalue weighted by Gasteiger charge is -2.25. The average molecular weight is 346 g/mol. The van der Waals surface area contributed by atoms with Crippen LogP contribution in [0.1, 0.15) is 24.1 Å². The Morgan fingerprint density at radius 2 is 1.62 bits per heavy atom. The van der Waals surface area contributed by atoms with E-state index in [9.17, 15) is 13.2 Å². The van der Waals surface area contributed by atoms with Crippen molar-refractivity contribution in [3.8, 4) is 0 Å². The minimum atomic E-state index is -3.22. The minimum absolute atomic E-state index is 0.0144. The van der Waals surface area contributed by atoms with Crippen molar-refractivity contribution in [2.75, 3.05) is 19.0 Å². The van der Waals surface area contributed by atoms with Gasteiger partial charge in [-0.15, -0.1) is 0 Å². The summed E-state index contributed by atoms with van der Waals surface area (Å²) >= 11 is 0. The van der Waals surface area contributed by atoms with E-state index in [-0.39, 0.29) is 16.8 Å². The van der Waals surface area contributed by atoms with Gasteiger partial charge < -0.3 is 10.6 Å². The minimum Gasteiger partial charge on any atom is -0.399 e. The average Bonchev–Trinajstić information content (AvgIpc) is 2.55. The van der Waals surface area contributed by atoms with Gasteiger partial charge in [0, 0.05) is 19.0 Å². The predicted molar refractivity (Wildman–Crippen MR) is 95.3 cm³/mol. The van der Waals surface area contributed by atoms with E-state index in [1.54, 1.807) is 48.3 Å². The van der Waals surface area contributed by atoms with Crippen LogP contribution in [0.2, 0.25) is 0 Å². The highest BCUT2D eigenvalue weighted by molar-refractivity contribution is 7.90. The van der Waals surface area contributed by atoms with Crippen molar-refractivity contribution in [3.05, 3.63) is 59.7 Å². The Bertz CT molecular complexity index is 812. The maximum Gasteiger partial charge on any atom is 0.227 e. The molecule has 0 fully saturated rings. The van der Waals surface area contributed by atoms with Crippen LogP contribution in [0, 0.1) is 0 Å². The molecule has 5 nitrogen and oxygen atoms in total. The fraction of sp³-hybridized carbons (Fsp3) is 0.278. The van der Waals surface area contributed by atoms with E-state index in [4.69, 9.17) is 5.73 Å². The van der Waals surface area contributed by atoms with Crippen molar-refractivity contribution in [2.45, 2.75) is 24.3 Å². The Morgan fingerprint density at radius 1 is 1.08 bits per heavy atom. The van der Waals surface area contributed by atoms with Crippen molar-refractivity contribution in [3.63, 3.8) is 0 Å². The van der Waals surface area contributed by atoms with Gasteiger partial charge in [-0.1, -0.05) is 24.3 Å². The molecule has 0 radical (unpaired) electrons. The first-order valence-corrected chi connectivity index (χ1v) is 9.47. The molecule has 0 heterocycles. The number of sulfone groups is 1. The van der Waals surface area contributed by atoms with E-state index in [0.717, 1.165) is 11.1 Å². The lowest BCUT2D eigenvalue weighted by atomic mass is 10.1. The monoisotopic (exact) mass is 346 g/mol. The molecule has 0 aliphatic rings. The van der Waals surface area contributed by atoms with Crippen molar-refractivity contribution in [1.29, 1.82) is 0 Å². The number of nitrogens with two attached hydrogens (primary N) is 1. The van der Waals surface area contributed by atoms with Gasteiger partial charge in [-0.25, -0.2) is 8.42 Å². The number of rotatable bonds is 5. The van der Waals surface area contributed by atoms with E-state index < -0.39 is 9.84 Å². The molecule has 0 spiro atoms. The second-order valence-corrected chi connectivity index (χ2v) is 7.96. The lowest BCUT2D eigenvalue weighted by Crippen LogP contribution is -2.31. The summed E-state index contributed by atoms with van der Waals surface area (Å²) in [6.45, 7) is 1.91. The van der Waals surface area contributed by atoms with Gasteiger partial charge in [0.1, 0.15) is 0 Å². The summed E-state index contributed by atoms with van der Waals surface area (Å²) in [5, 5.41) is 0. The van der Waals surface area contributed by atoms with Crippen LogP contribution in [-0.4, -0.2) is 32.5 Å². The van der Waals surface area contributed by atoms with Gasteiger partial charge in [-0.2, -0.15) is 0 Å². The molecule has 1 atom stereocenters. The maximum absolute atomic E-state index is 12.4. The zero-order valence-corrected chi connectivity index (χ0v) is 14.9. The molecule has 1 amide bonds. The fourth-order valence-corrected chi connectivity index (χ4v) is 3.00. The molecular formula is C18H22N2O3S. The summed E-state index contributed by atoms with van der Waals surface area (Å²) in [5.74, 6) is -0.0144. The fourth-order valence-electron chi connectivity index (χ4n) is 2.37. The van der Waals surface area contributed by atoms with E-state index in [1.165, 1.54) is 6.26 Å². The van der Waals surface area contributed by atoms with Crippen molar-refractivity contribution < 1.29 is 13.2 Å². The van der Waals surface area contributed by atoms with Gasteiger partial charge in [-0.3, -0.25) is 4.79 Å². The van der Waals surface area contributed by atoms with Gasteiger partial charge in [0.05, 0.1) is 17.4 Å². The number of nitrogen functional groups attached to an aromatic ring is 1. The van der Waals surface area contributed by atoms with Gasteiger partial charge >= 0.3 is 0 Å². The Morgan fingerprint density at radius 3 is 2.12 bits per heavy atom. The van der Waals surface area contributed by atoms with Crippen LogP contribution < -0.4 is 5.73 Å². The SMILES string of the molecule is C[C@H](c1ccc(S(C)(=O)=O)cc1)N(C)C(=O)Cc1ccc(N)cc1. The van der Waals surface area contributed by atoms with Crippen LogP contribution >= 0.6 is 0 Å². The molecule has 2 N–H and O–H groups in total. The highest BCUT2D eigenvalue weighted by atomic mass is 32.2. The summed E-state index contributed by atoms with van der Waals surface area (Å²) < 4.78 is 23.0. The van der Waals surface area contributed by atoms with Crippen LogP contribution in [-0.2, 0) is 21.1 Å². The van der Waals surface area contributed by atoms with Crippen molar-refractivity contribution in [1.82, 2.24) is 4.90 Å². The first-order chi connectivity index (χ1) is 11.2. The van der Waals surface area contributed by atoms with E-state index >= 15 is 0 Å². The molecule has 0 saturated carbocycles. The smallest absolute Gasteiger partial charge is 0.227 e. The summed E-state index contributed by atoms with van der Waals surface area (Å²) in [6, 6.07) is 13.7. The number of carbonyl (C=O) groups excluding carboxylic acids is 1. The second-order valence-electron chi connectivity index (χ2n) is 5.94. The Kier molecular flexibility index (Phi) is 5.29. The molecule has 128 valence electrons. The Labute approximate surface area is 143 Å². The zero-order valence-electron chi connectivity index (χ0n) is 14.1. The Balaban J connectivity index is 2.09. The molecule has 0 aliphatic heterocycles. The van der Waals surface area contributed by atoms with Gasteiger partial charge in [0.25, 0.3) is 0 Å². The number of hydrogen-bond donors (Lipinski definition) is 1. The number of nitrogens with zero attached hydrogens (tertiary/aromatic N) is 1. The van der Waals surface area contributed by atoms with E-state index in [1.807, 2.05) is 19.1 Å². The summed E-state index contributed by atoms with van der Waals surface area (Å²) in [4.78, 5) is 14.4. The van der Waals surface area contributed by atoms with Gasteiger partial charge in [0.15, 0.2) is 9.84 Å². The largest absolute Gasteiger partial charge is 0.399 e. The molecule has 0 aromatic heterocycles. The standard InChI is InChI=1S/C18H22N2O3S/c1-13(15-6-10-17(11-7-15)24(3,22)23)20(2)18(21)12-14-4-8-16(19)9-5-14/h4-11,13H,12,19H2,1-3H3/t13-/m1/s1. The van der Waals surface area contributed by atoms with Gasteiger partial charge in [-0.05, 0) is 42.3 Å². The van der Waals surface area contributed by atoms with E-state index in [2.05, 4.69) is 0 Å². The normalized spacial score (nSPS) is 12.6. The molecule has 2 aromatic rings. The third-order valence-electron chi connectivity index (χ3n) is 4.10. The molecule has 0 bridgehead atoms. The Hall–Kier alpha value is -2.34. The summed E-state index contributed by atoms with van der Waals surface area (Å²) in [7, 11) is -1.47. The molecule has 0 aliphatic carbocycles. The summed E-state index contributed by atoms with van der Waals surface area (Å²) in [6.07, 6.45) is 1.47. The lowest BCUT2D eigenvalue weighted by molar-refractivity contribution is -0.131. The molecule has 0 unspecified atom stereocenters. The summed E-state index contributed by atoms with van der Waals surface area (Å²) in [5.41, 5.74) is 8.10. The number of hydrogen-bond acceptors (Lipinski definition) is 4. The third kappa shape index (κ3) is 4.35. The van der Waals surface area contributed by atoms with Crippen LogP contribution in [0.5, 0.6) is 0 Å². The third-order valence-corrected chi connectivity index (χ3v) is 5.23. The van der Waals surface area contributed by atoms with Crippen LogP contribution in [0.4, 0.5) is 5.69 Å². The maximum atomic E-state index is 12.4. The quantitative estimate of drug-likeness (QED) is 0.843. The number of likely N-dealkylation sites (N-methyl/N-ethyl adjacent to an activating group) is 1. The molecule has 2 aromatic carbocycles. The molecule has 0 saturated heterocycles. The molecular weight excluding hydrogens is 324 g/mol. The first-order valence-electron chi connectivity index (χ1n) is 7.58. The van der Waals surface area contributed by atoms with Gasteiger partial charge in [0.2, 0.25) is 5.91 Å². The van der Waals surface area contributed by atoms with Crippen LogP contribution in [0.3, 0.4) is 0 Å². The van der Waals surface area contributed by atoms with Crippen molar-refractivity contribution in [2.24, 2.45) is 0 Å². The highest BCUT2D eigenvalue weighted by Gasteiger charge is 2.18. The number of benzene rings is 2. The zero-order chi connectivity index (χ0) is 17.9. The molecule has 2 rings (SSSR count). The topological polar surface area (TPSA) is 80.5 Å². The first kappa shape index (κ1) is 18.0. The van der Waals surface area contributed by atoms with Crippen LogP contribution in [0.15, 0.2) is 53.4 Å². The van der Waals surface area contributed by atoms with Crippen LogP contribution in [0.25, 0.3) is 0 Å². The second kappa shape index (κ2) is 7.05. The molecule has 24 heavy (non-hydrogen) atoms. The number of anilines is 1. The highest BCUT2D eigenvalue weighted by Crippen LogP contribution is 2.21. The predicted octanol–water partition coefficient (Wildman–Crippen LogP) is 2.43. The number of carbonyl (C=O) groups is 1. The van der Waals surface area contributed by atoms with E-state index in [0.29, 0.717) is 12.1 Å².